The second-order valence-corrected chi connectivity index (χ2v) is 9.08. The number of methoxy groups -OCH3 is 1. The topological polar surface area (TPSA) is 110 Å². The maximum absolute atomic E-state index is 12.3. The van der Waals surface area contributed by atoms with Crippen LogP contribution in [0.5, 0.6) is 0 Å². The van der Waals surface area contributed by atoms with Gasteiger partial charge in [0.15, 0.2) is 0 Å². The second-order valence-electron chi connectivity index (χ2n) is 6.04. The van der Waals surface area contributed by atoms with Crippen LogP contribution >= 0.6 is 11.3 Å². The van der Waals surface area contributed by atoms with Gasteiger partial charge in [-0.05, 0) is 26.2 Å². The van der Waals surface area contributed by atoms with E-state index in [1.165, 1.54) is 11.3 Å². The van der Waals surface area contributed by atoms with Crippen molar-refractivity contribution in [2.75, 3.05) is 19.9 Å². The summed E-state index contributed by atoms with van der Waals surface area (Å²) in [4.78, 5) is 12.3. The molecule has 24 heavy (non-hydrogen) atoms. The van der Waals surface area contributed by atoms with Crippen molar-refractivity contribution in [2.45, 2.75) is 44.8 Å². The van der Waals surface area contributed by atoms with Gasteiger partial charge in [0.25, 0.3) is 0 Å². The molecule has 2 rings (SSSR count). The molecule has 1 heterocycles. The standard InChI is InChI=1S/C14H24N4O4S2/c1-9-16-17-13(23-9)6-7-15-14(19)10-4-5-12(22-2)11(8-10)18-24(3,20)21/h10-12,18H,4-8H2,1-3H3,(H,15,19)/t10-,11+,12+/m0/s1. The zero-order valence-electron chi connectivity index (χ0n) is 14.1. The van der Waals surface area contributed by atoms with Crippen LogP contribution in [0.2, 0.25) is 0 Å². The van der Waals surface area contributed by atoms with Crippen LogP contribution in [0.3, 0.4) is 0 Å². The number of aromatic nitrogens is 2. The van der Waals surface area contributed by atoms with E-state index in [1.807, 2.05) is 6.92 Å². The van der Waals surface area contributed by atoms with E-state index < -0.39 is 10.0 Å². The summed E-state index contributed by atoms with van der Waals surface area (Å²) in [5, 5.41) is 12.7. The van der Waals surface area contributed by atoms with E-state index in [0.717, 1.165) is 16.3 Å². The van der Waals surface area contributed by atoms with Crippen LogP contribution in [0.15, 0.2) is 0 Å². The Kier molecular flexibility index (Phi) is 6.67. The SMILES string of the molecule is CO[C@@H]1CC[C@H](C(=O)NCCc2nnc(C)s2)C[C@H]1NS(C)(=O)=O. The molecule has 1 aromatic rings. The van der Waals surface area contributed by atoms with Crippen molar-refractivity contribution >= 4 is 27.3 Å². The Morgan fingerprint density at radius 3 is 2.71 bits per heavy atom. The van der Waals surface area contributed by atoms with Crippen LogP contribution in [0.1, 0.15) is 29.3 Å². The van der Waals surface area contributed by atoms with Crippen LogP contribution < -0.4 is 10.0 Å². The molecule has 0 aromatic carbocycles. The summed E-state index contributed by atoms with van der Waals surface area (Å²) in [5.74, 6) is -0.266. The molecule has 1 saturated carbocycles. The number of carbonyl (C=O) groups is 1. The Balaban J connectivity index is 1.85. The number of nitrogens with one attached hydrogen (secondary N) is 2. The third kappa shape index (κ3) is 5.76. The maximum Gasteiger partial charge on any atom is 0.223 e. The van der Waals surface area contributed by atoms with Crippen LogP contribution in [-0.2, 0) is 26.0 Å². The summed E-state index contributed by atoms with van der Waals surface area (Å²) in [5.41, 5.74) is 0. The Morgan fingerprint density at radius 1 is 1.38 bits per heavy atom. The highest BCUT2D eigenvalue weighted by atomic mass is 32.2. The van der Waals surface area contributed by atoms with Crippen molar-refractivity contribution in [1.82, 2.24) is 20.2 Å². The number of ether oxygens (including phenoxy) is 1. The fourth-order valence-electron chi connectivity index (χ4n) is 2.94. The number of carbonyl (C=O) groups excluding carboxylic acids is 1. The largest absolute Gasteiger partial charge is 0.380 e. The molecule has 0 bridgehead atoms. The van der Waals surface area contributed by atoms with E-state index in [2.05, 4.69) is 20.2 Å². The van der Waals surface area contributed by atoms with Crippen LogP contribution in [0.4, 0.5) is 0 Å². The normalized spacial score (nSPS) is 24.7. The van der Waals surface area contributed by atoms with Gasteiger partial charge in [-0.15, -0.1) is 21.5 Å². The van der Waals surface area contributed by atoms with Gasteiger partial charge in [0.05, 0.1) is 12.4 Å². The highest BCUT2D eigenvalue weighted by Crippen LogP contribution is 2.27. The number of sulfonamides is 1. The van der Waals surface area contributed by atoms with Gasteiger partial charge in [-0.1, -0.05) is 0 Å². The van der Waals surface area contributed by atoms with Crippen LogP contribution in [0, 0.1) is 12.8 Å². The lowest BCUT2D eigenvalue weighted by Crippen LogP contribution is -2.50. The Hall–Kier alpha value is -1.10. The summed E-state index contributed by atoms with van der Waals surface area (Å²) in [6.07, 6.45) is 3.34. The van der Waals surface area contributed by atoms with E-state index in [9.17, 15) is 13.2 Å². The molecule has 1 aliphatic rings. The third-order valence-electron chi connectivity index (χ3n) is 4.03. The summed E-state index contributed by atoms with van der Waals surface area (Å²) >= 11 is 1.52. The van der Waals surface area contributed by atoms with Gasteiger partial charge in [0.2, 0.25) is 15.9 Å². The van der Waals surface area contributed by atoms with Gasteiger partial charge in [0, 0.05) is 32.0 Å². The van der Waals surface area contributed by atoms with Gasteiger partial charge < -0.3 is 10.1 Å². The fourth-order valence-corrected chi connectivity index (χ4v) is 4.44. The predicted molar refractivity (Wildman–Crippen MR) is 91.3 cm³/mol. The number of hydrogen-bond acceptors (Lipinski definition) is 7. The van der Waals surface area contributed by atoms with Crippen molar-refractivity contribution in [1.29, 1.82) is 0 Å². The molecular weight excluding hydrogens is 352 g/mol. The number of hydrogen-bond donors (Lipinski definition) is 2. The van der Waals surface area contributed by atoms with Gasteiger partial charge in [0.1, 0.15) is 10.0 Å². The molecule has 1 aromatic heterocycles. The minimum atomic E-state index is -3.34. The minimum absolute atomic E-state index is 0.0499. The molecule has 8 nitrogen and oxygen atoms in total. The minimum Gasteiger partial charge on any atom is -0.380 e. The van der Waals surface area contributed by atoms with Crippen LogP contribution in [0.25, 0.3) is 0 Å². The van der Waals surface area contributed by atoms with Gasteiger partial charge in [-0.25, -0.2) is 13.1 Å². The Morgan fingerprint density at radius 2 is 2.12 bits per heavy atom. The van der Waals surface area contributed by atoms with E-state index in [1.54, 1.807) is 7.11 Å². The molecule has 2 N–H and O–H groups in total. The molecule has 1 fully saturated rings. The number of amides is 1. The molecule has 0 saturated heterocycles. The third-order valence-corrected chi connectivity index (χ3v) is 5.66. The summed E-state index contributed by atoms with van der Waals surface area (Å²) in [6.45, 7) is 2.39. The zero-order chi connectivity index (χ0) is 17.7. The summed E-state index contributed by atoms with van der Waals surface area (Å²) < 4.78 is 30.9. The monoisotopic (exact) mass is 376 g/mol. The zero-order valence-corrected chi connectivity index (χ0v) is 15.7. The van der Waals surface area contributed by atoms with Gasteiger partial charge >= 0.3 is 0 Å². The number of aryl methyl sites for hydroxylation is 1. The molecule has 0 unspecified atom stereocenters. The smallest absolute Gasteiger partial charge is 0.223 e. The molecular formula is C14H24N4O4S2. The highest BCUT2D eigenvalue weighted by Gasteiger charge is 2.35. The average molecular weight is 377 g/mol. The summed E-state index contributed by atoms with van der Waals surface area (Å²) in [6, 6.07) is -0.375. The first-order valence-corrected chi connectivity index (χ1v) is 10.6. The first kappa shape index (κ1) is 19.2. The molecule has 136 valence electrons. The highest BCUT2D eigenvalue weighted by molar-refractivity contribution is 7.88. The molecule has 0 aliphatic heterocycles. The lowest BCUT2D eigenvalue weighted by atomic mass is 9.83. The van der Waals surface area contributed by atoms with Gasteiger partial charge in [-0.3, -0.25) is 4.79 Å². The lowest BCUT2D eigenvalue weighted by molar-refractivity contribution is -0.127. The van der Waals surface area contributed by atoms with Crippen molar-refractivity contribution in [3.05, 3.63) is 10.0 Å². The van der Waals surface area contributed by atoms with Crippen LogP contribution in [-0.4, -0.2) is 56.6 Å². The number of nitrogens with zero attached hydrogens (tertiary/aromatic N) is 2. The Labute approximate surface area is 146 Å². The number of rotatable bonds is 7. The lowest BCUT2D eigenvalue weighted by Gasteiger charge is -2.34. The van der Waals surface area contributed by atoms with E-state index in [0.29, 0.717) is 32.2 Å². The van der Waals surface area contributed by atoms with Crippen molar-refractivity contribution in [3.63, 3.8) is 0 Å². The molecule has 3 atom stereocenters. The van der Waals surface area contributed by atoms with Gasteiger partial charge in [-0.2, -0.15) is 0 Å². The van der Waals surface area contributed by atoms with E-state index in [-0.39, 0.29) is 24.0 Å². The molecule has 10 heteroatoms. The molecule has 0 spiro atoms. The summed E-state index contributed by atoms with van der Waals surface area (Å²) in [7, 11) is -1.78. The molecule has 0 radical (unpaired) electrons. The van der Waals surface area contributed by atoms with Crippen molar-refractivity contribution in [2.24, 2.45) is 5.92 Å². The second kappa shape index (κ2) is 8.32. The maximum atomic E-state index is 12.3. The first-order chi connectivity index (χ1) is 11.3. The van der Waals surface area contributed by atoms with Crippen molar-refractivity contribution in [3.8, 4) is 0 Å². The quantitative estimate of drug-likeness (QED) is 0.705. The van der Waals surface area contributed by atoms with Crippen molar-refractivity contribution < 1.29 is 17.9 Å². The molecule has 1 amide bonds. The average Bonchev–Trinajstić information content (AvgIpc) is 2.91. The molecule has 1 aliphatic carbocycles. The first-order valence-electron chi connectivity index (χ1n) is 7.85. The van der Waals surface area contributed by atoms with E-state index >= 15 is 0 Å². The predicted octanol–water partition coefficient (Wildman–Crippen LogP) is 0.238. The fraction of sp³-hybridized carbons (Fsp3) is 0.786. The van der Waals surface area contributed by atoms with E-state index in [4.69, 9.17) is 4.74 Å². The Bertz CT molecular complexity index is 661.